The minimum absolute atomic E-state index is 0.0202. The zero-order valence-electron chi connectivity index (χ0n) is 11.5. The lowest BCUT2D eigenvalue weighted by Crippen LogP contribution is -2.28. The molecule has 22 heavy (non-hydrogen) atoms. The molecule has 0 aliphatic heterocycles. The molecule has 0 radical (unpaired) electrons. The quantitative estimate of drug-likeness (QED) is 0.452. The smallest absolute Gasteiger partial charge is 0.337 e. The zero-order valence-corrected chi connectivity index (χ0v) is 13.0. The van der Waals surface area contributed by atoms with E-state index in [1.165, 1.54) is 18.3 Å². The minimum Gasteiger partial charge on any atom is -0.478 e. The Balaban J connectivity index is 2.19. The largest absolute Gasteiger partial charge is 0.478 e. The van der Waals surface area contributed by atoms with Gasteiger partial charge in [-0.15, -0.1) is 0 Å². The standard InChI is InChI=1S/C14H12ClN3O3S/c1-16-14(22)18-17-7-9-3-5-12(21-9)8-2-4-11(15)10(6-8)13(19)20/h2-7H,1H3,(H,19,20)(H2,16,18,22)/b17-7+. The third-order valence-corrected chi connectivity index (χ3v) is 3.32. The first kappa shape index (κ1) is 16.0. The van der Waals surface area contributed by atoms with Crippen molar-refractivity contribution in [1.29, 1.82) is 0 Å². The average Bonchev–Trinajstić information content (AvgIpc) is 2.96. The van der Waals surface area contributed by atoms with Crippen LogP contribution in [0.5, 0.6) is 0 Å². The van der Waals surface area contributed by atoms with Crippen LogP contribution in [-0.4, -0.2) is 29.5 Å². The summed E-state index contributed by atoms with van der Waals surface area (Å²) in [5.74, 6) is -0.0880. The van der Waals surface area contributed by atoms with E-state index in [4.69, 9.17) is 33.3 Å². The van der Waals surface area contributed by atoms with Crippen LogP contribution in [0.2, 0.25) is 5.02 Å². The van der Waals surface area contributed by atoms with Crippen molar-refractivity contribution in [3.05, 3.63) is 46.7 Å². The fourth-order valence-corrected chi connectivity index (χ4v) is 1.88. The molecule has 0 saturated heterocycles. The van der Waals surface area contributed by atoms with Gasteiger partial charge in [0.15, 0.2) is 5.11 Å². The van der Waals surface area contributed by atoms with Crippen molar-refractivity contribution >= 4 is 41.1 Å². The molecule has 0 saturated carbocycles. The van der Waals surface area contributed by atoms with Gasteiger partial charge in [-0.1, -0.05) is 11.6 Å². The number of halogens is 1. The molecule has 0 amide bonds. The van der Waals surface area contributed by atoms with Crippen LogP contribution in [0, 0.1) is 0 Å². The highest BCUT2D eigenvalue weighted by molar-refractivity contribution is 7.80. The third kappa shape index (κ3) is 3.84. The van der Waals surface area contributed by atoms with Crippen molar-refractivity contribution in [2.24, 2.45) is 5.10 Å². The summed E-state index contributed by atoms with van der Waals surface area (Å²) >= 11 is 10.7. The number of hydrogen-bond acceptors (Lipinski definition) is 4. The Bertz CT molecular complexity index is 743. The monoisotopic (exact) mass is 337 g/mol. The molecule has 1 aromatic heterocycles. The second-order valence-corrected chi connectivity index (χ2v) is 4.97. The van der Waals surface area contributed by atoms with Gasteiger partial charge in [-0.2, -0.15) is 5.10 Å². The second-order valence-electron chi connectivity index (χ2n) is 4.15. The van der Waals surface area contributed by atoms with E-state index in [0.29, 0.717) is 22.2 Å². The number of carboxylic acids is 1. The van der Waals surface area contributed by atoms with Gasteiger partial charge in [0.2, 0.25) is 0 Å². The summed E-state index contributed by atoms with van der Waals surface area (Å²) in [4.78, 5) is 11.1. The number of aromatic carboxylic acids is 1. The molecular formula is C14H12ClN3O3S. The Morgan fingerprint density at radius 1 is 1.41 bits per heavy atom. The Labute approximate surface area is 136 Å². The van der Waals surface area contributed by atoms with Crippen LogP contribution in [0.1, 0.15) is 16.1 Å². The average molecular weight is 338 g/mol. The van der Waals surface area contributed by atoms with Gasteiger partial charge in [0.25, 0.3) is 0 Å². The maximum absolute atomic E-state index is 11.1. The Morgan fingerprint density at radius 3 is 2.86 bits per heavy atom. The summed E-state index contributed by atoms with van der Waals surface area (Å²) in [5.41, 5.74) is 3.23. The maximum atomic E-state index is 11.1. The number of rotatable bonds is 4. The van der Waals surface area contributed by atoms with E-state index < -0.39 is 5.97 Å². The number of thiocarbonyl (C=S) groups is 1. The number of nitrogens with one attached hydrogen (secondary N) is 2. The predicted molar refractivity (Wildman–Crippen MR) is 88.5 cm³/mol. The molecule has 0 unspecified atom stereocenters. The molecule has 0 bridgehead atoms. The van der Waals surface area contributed by atoms with Crippen LogP contribution in [0.25, 0.3) is 11.3 Å². The fraction of sp³-hybridized carbons (Fsp3) is 0.0714. The highest BCUT2D eigenvalue weighted by atomic mass is 35.5. The highest BCUT2D eigenvalue weighted by Gasteiger charge is 2.12. The van der Waals surface area contributed by atoms with E-state index >= 15 is 0 Å². The molecule has 0 fully saturated rings. The first-order valence-electron chi connectivity index (χ1n) is 6.15. The summed E-state index contributed by atoms with van der Waals surface area (Å²) in [6.45, 7) is 0. The molecule has 3 N–H and O–H groups in total. The van der Waals surface area contributed by atoms with E-state index in [9.17, 15) is 4.79 Å². The Kier molecular flexibility index (Phi) is 5.13. The van der Waals surface area contributed by atoms with Gasteiger partial charge in [-0.25, -0.2) is 4.79 Å². The molecular weight excluding hydrogens is 326 g/mol. The molecule has 114 valence electrons. The first-order valence-corrected chi connectivity index (χ1v) is 6.93. The van der Waals surface area contributed by atoms with E-state index in [2.05, 4.69) is 15.8 Å². The molecule has 2 rings (SSSR count). The van der Waals surface area contributed by atoms with E-state index in [-0.39, 0.29) is 10.6 Å². The van der Waals surface area contributed by atoms with Gasteiger partial charge in [0, 0.05) is 12.6 Å². The maximum Gasteiger partial charge on any atom is 0.337 e. The molecule has 2 aromatic rings. The van der Waals surface area contributed by atoms with Gasteiger partial charge < -0.3 is 14.8 Å². The van der Waals surface area contributed by atoms with Crippen molar-refractivity contribution < 1.29 is 14.3 Å². The van der Waals surface area contributed by atoms with Crippen LogP contribution in [0.4, 0.5) is 0 Å². The molecule has 8 heteroatoms. The zero-order chi connectivity index (χ0) is 16.1. The van der Waals surface area contributed by atoms with Crippen molar-refractivity contribution in [3.8, 4) is 11.3 Å². The third-order valence-electron chi connectivity index (χ3n) is 2.69. The minimum atomic E-state index is -1.09. The molecule has 6 nitrogen and oxygen atoms in total. The number of nitrogens with zero attached hydrogens (tertiary/aromatic N) is 1. The summed E-state index contributed by atoms with van der Waals surface area (Å²) in [7, 11) is 1.68. The topological polar surface area (TPSA) is 86.9 Å². The van der Waals surface area contributed by atoms with Gasteiger partial charge in [-0.05, 0) is 42.5 Å². The Morgan fingerprint density at radius 2 is 2.18 bits per heavy atom. The fourth-order valence-electron chi connectivity index (χ4n) is 1.63. The molecule has 0 atom stereocenters. The summed E-state index contributed by atoms with van der Waals surface area (Å²) in [6, 6.07) is 8.08. The van der Waals surface area contributed by atoms with E-state index in [1.807, 2.05) is 0 Å². The van der Waals surface area contributed by atoms with Crippen LogP contribution in [-0.2, 0) is 0 Å². The van der Waals surface area contributed by atoms with E-state index in [1.54, 1.807) is 25.2 Å². The lowest BCUT2D eigenvalue weighted by Gasteiger charge is -2.02. The molecule has 0 aliphatic carbocycles. The second kappa shape index (κ2) is 7.06. The molecule has 0 spiro atoms. The van der Waals surface area contributed by atoms with Crippen molar-refractivity contribution in [2.75, 3.05) is 7.05 Å². The number of furan rings is 1. The van der Waals surface area contributed by atoms with Crippen LogP contribution >= 0.6 is 23.8 Å². The van der Waals surface area contributed by atoms with Gasteiger partial charge in [0.1, 0.15) is 11.5 Å². The molecule has 1 heterocycles. The summed E-state index contributed by atoms with van der Waals surface area (Å²) < 4.78 is 5.57. The van der Waals surface area contributed by atoms with Crippen molar-refractivity contribution in [1.82, 2.24) is 10.7 Å². The lowest BCUT2D eigenvalue weighted by molar-refractivity contribution is 0.0697. The van der Waals surface area contributed by atoms with Gasteiger partial charge in [-0.3, -0.25) is 5.43 Å². The highest BCUT2D eigenvalue weighted by Crippen LogP contribution is 2.26. The number of carbonyl (C=O) groups is 1. The van der Waals surface area contributed by atoms with Crippen LogP contribution in [0.15, 0.2) is 39.9 Å². The van der Waals surface area contributed by atoms with Crippen molar-refractivity contribution in [3.63, 3.8) is 0 Å². The SMILES string of the molecule is CNC(=S)N/N=C/c1ccc(-c2ccc(Cl)c(C(=O)O)c2)o1. The molecule has 1 aromatic carbocycles. The van der Waals surface area contributed by atoms with Gasteiger partial charge >= 0.3 is 5.97 Å². The number of benzene rings is 1. The predicted octanol–water partition coefficient (Wildman–Crippen LogP) is 2.73. The summed E-state index contributed by atoms with van der Waals surface area (Å²) in [5, 5.41) is 16.2. The Hall–Kier alpha value is -2.38. The molecule has 0 aliphatic rings. The van der Waals surface area contributed by atoms with Gasteiger partial charge in [0.05, 0.1) is 16.8 Å². The lowest BCUT2D eigenvalue weighted by atomic mass is 10.1. The van der Waals surface area contributed by atoms with Crippen LogP contribution < -0.4 is 10.7 Å². The van der Waals surface area contributed by atoms with Crippen LogP contribution in [0.3, 0.4) is 0 Å². The number of carboxylic acid groups (broad SMARTS) is 1. The normalized spacial score (nSPS) is 10.6. The van der Waals surface area contributed by atoms with E-state index in [0.717, 1.165) is 0 Å². The number of hydrazone groups is 1. The summed E-state index contributed by atoms with van der Waals surface area (Å²) in [6.07, 6.45) is 1.46. The van der Waals surface area contributed by atoms with Crippen molar-refractivity contribution in [2.45, 2.75) is 0 Å². The number of hydrogen-bond donors (Lipinski definition) is 3. The first-order chi connectivity index (χ1) is 10.5.